The molecule has 0 aromatic carbocycles. The molecule has 1 aliphatic carbocycles. The Kier molecular flexibility index (Phi) is 4.60. The maximum Gasteiger partial charge on any atom is 0.0195 e. The number of nitrogens with one attached hydrogen (secondary N) is 1. The number of hydrogen-bond donors (Lipinski definition) is 1. The Bertz CT molecular complexity index is 179. The molecule has 1 unspecified atom stereocenters. The Morgan fingerprint density at radius 1 is 1.33 bits per heavy atom. The minimum Gasteiger partial charge on any atom is -0.311 e. The minimum atomic E-state index is 0.246. The Labute approximate surface area is 95.4 Å². The van der Waals surface area contributed by atoms with E-state index in [2.05, 4.69) is 44.8 Å². The molecule has 0 aromatic heterocycles. The predicted molar refractivity (Wildman–Crippen MR) is 67.2 cm³/mol. The first-order chi connectivity index (χ1) is 6.94. The van der Waals surface area contributed by atoms with Gasteiger partial charge in [-0.05, 0) is 53.5 Å². The molecule has 0 bridgehead atoms. The predicted octanol–water partition coefficient (Wildman–Crippen LogP) is 2.64. The van der Waals surface area contributed by atoms with Crippen LogP contribution in [0.1, 0.15) is 53.9 Å². The molecule has 1 atom stereocenters. The molecule has 0 radical (unpaired) electrons. The molecule has 0 heterocycles. The zero-order valence-corrected chi connectivity index (χ0v) is 11.1. The Morgan fingerprint density at radius 2 is 1.93 bits per heavy atom. The van der Waals surface area contributed by atoms with Crippen molar-refractivity contribution in [2.75, 3.05) is 13.1 Å². The zero-order valence-electron chi connectivity index (χ0n) is 11.1. The molecule has 1 aliphatic rings. The highest BCUT2D eigenvalue weighted by molar-refractivity contribution is 4.88. The van der Waals surface area contributed by atoms with Gasteiger partial charge in [0.05, 0.1) is 0 Å². The van der Waals surface area contributed by atoms with Crippen molar-refractivity contribution in [3.63, 3.8) is 0 Å². The van der Waals surface area contributed by atoms with E-state index >= 15 is 0 Å². The summed E-state index contributed by atoms with van der Waals surface area (Å²) in [7, 11) is 0. The minimum absolute atomic E-state index is 0.246. The van der Waals surface area contributed by atoms with E-state index in [1.807, 2.05) is 0 Å². The van der Waals surface area contributed by atoms with Crippen molar-refractivity contribution in [3.05, 3.63) is 0 Å². The van der Waals surface area contributed by atoms with Crippen molar-refractivity contribution in [3.8, 4) is 0 Å². The van der Waals surface area contributed by atoms with Crippen molar-refractivity contribution in [2.45, 2.75) is 71.5 Å². The third-order valence-electron chi connectivity index (χ3n) is 2.99. The number of hydrogen-bond acceptors (Lipinski definition) is 2. The van der Waals surface area contributed by atoms with E-state index in [9.17, 15) is 0 Å². The molecule has 2 heteroatoms. The van der Waals surface area contributed by atoms with Gasteiger partial charge in [-0.25, -0.2) is 0 Å². The molecule has 90 valence electrons. The van der Waals surface area contributed by atoms with Crippen LogP contribution >= 0.6 is 0 Å². The maximum absolute atomic E-state index is 3.60. The molecule has 1 N–H and O–H groups in total. The van der Waals surface area contributed by atoms with E-state index in [0.29, 0.717) is 6.04 Å². The van der Waals surface area contributed by atoms with Gasteiger partial charge in [-0.3, -0.25) is 4.90 Å². The van der Waals surface area contributed by atoms with E-state index in [1.54, 1.807) is 0 Å². The van der Waals surface area contributed by atoms with Crippen LogP contribution in [0.25, 0.3) is 0 Å². The second-order valence-corrected chi connectivity index (χ2v) is 5.95. The fourth-order valence-electron chi connectivity index (χ4n) is 2.00. The largest absolute Gasteiger partial charge is 0.311 e. The third kappa shape index (κ3) is 4.98. The van der Waals surface area contributed by atoms with Gasteiger partial charge in [-0.2, -0.15) is 0 Å². The topological polar surface area (TPSA) is 15.3 Å². The lowest BCUT2D eigenvalue weighted by Crippen LogP contribution is -2.47. The van der Waals surface area contributed by atoms with Gasteiger partial charge >= 0.3 is 0 Å². The molecule has 0 spiro atoms. The van der Waals surface area contributed by atoms with Crippen LogP contribution in [0.4, 0.5) is 0 Å². The van der Waals surface area contributed by atoms with Gasteiger partial charge in [-0.15, -0.1) is 0 Å². The molecule has 0 aromatic rings. The first-order valence-electron chi connectivity index (χ1n) is 6.45. The summed E-state index contributed by atoms with van der Waals surface area (Å²) in [6.07, 6.45) is 4.11. The lowest BCUT2D eigenvalue weighted by atomic mass is 10.1. The smallest absolute Gasteiger partial charge is 0.0195 e. The Hall–Kier alpha value is -0.0800. The number of rotatable bonds is 6. The Balaban J connectivity index is 2.32. The molecule has 1 fully saturated rings. The van der Waals surface area contributed by atoms with E-state index in [1.165, 1.54) is 25.8 Å². The lowest BCUT2D eigenvalue weighted by molar-refractivity contribution is 0.185. The summed E-state index contributed by atoms with van der Waals surface area (Å²) in [5.74, 6) is 0. The average Bonchev–Trinajstić information content (AvgIpc) is 2.92. The van der Waals surface area contributed by atoms with Gasteiger partial charge in [-0.1, -0.05) is 6.92 Å². The van der Waals surface area contributed by atoms with Gasteiger partial charge < -0.3 is 5.32 Å². The van der Waals surface area contributed by atoms with Crippen LogP contribution in [0.5, 0.6) is 0 Å². The molecular weight excluding hydrogens is 184 g/mol. The van der Waals surface area contributed by atoms with Crippen LogP contribution in [0, 0.1) is 0 Å². The summed E-state index contributed by atoms with van der Waals surface area (Å²) in [5.41, 5.74) is 0.246. The fraction of sp³-hybridized carbons (Fsp3) is 1.00. The molecule has 0 saturated heterocycles. The van der Waals surface area contributed by atoms with E-state index in [0.717, 1.165) is 12.6 Å². The summed E-state index contributed by atoms with van der Waals surface area (Å²) in [6.45, 7) is 13.7. The average molecular weight is 212 g/mol. The summed E-state index contributed by atoms with van der Waals surface area (Å²) in [6, 6.07) is 1.57. The molecule has 2 nitrogen and oxygen atoms in total. The summed E-state index contributed by atoms with van der Waals surface area (Å²) >= 11 is 0. The Morgan fingerprint density at radius 3 is 2.33 bits per heavy atom. The second-order valence-electron chi connectivity index (χ2n) is 5.95. The first-order valence-corrected chi connectivity index (χ1v) is 6.45. The maximum atomic E-state index is 3.60. The standard InChI is InChI=1S/C13H28N2/c1-6-9-15(12-7-8-12)11(2)10-14-13(3,4)5/h11-12,14H,6-10H2,1-5H3. The van der Waals surface area contributed by atoms with Crippen molar-refractivity contribution < 1.29 is 0 Å². The van der Waals surface area contributed by atoms with Crippen LogP contribution < -0.4 is 5.32 Å². The van der Waals surface area contributed by atoms with E-state index < -0.39 is 0 Å². The highest BCUT2D eigenvalue weighted by atomic mass is 15.2. The van der Waals surface area contributed by atoms with Gasteiger partial charge in [0, 0.05) is 24.2 Å². The zero-order chi connectivity index (χ0) is 11.5. The van der Waals surface area contributed by atoms with Crippen molar-refractivity contribution in [1.29, 1.82) is 0 Å². The number of nitrogens with zero attached hydrogens (tertiary/aromatic N) is 1. The normalized spacial score (nSPS) is 19.6. The molecular formula is C13H28N2. The molecule has 0 amide bonds. The highest BCUT2D eigenvalue weighted by Gasteiger charge is 2.31. The van der Waals surface area contributed by atoms with Crippen molar-refractivity contribution in [2.24, 2.45) is 0 Å². The molecule has 1 rings (SSSR count). The third-order valence-corrected chi connectivity index (χ3v) is 2.99. The van der Waals surface area contributed by atoms with Crippen molar-refractivity contribution in [1.82, 2.24) is 10.2 Å². The molecule has 0 aliphatic heterocycles. The fourth-order valence-corrected chi connectivity index (χ4v) is 2.00. The molecule has 15 heavy (non-hydrogen) atoms. The lowest BCUT2D eigenvalue weighted by Gasteiger charge is -2.32. The van der Waals surface area contributed by atoms with Crippen LogP contribution in [0.15, 0.2) is 0 Å². The van der Waals surface area contributed by atoms with Gasteiger partial charge in [0.1, 0.15) is 0 Å². The van der Waals surface area contributed by atoms with Crippen LogP contribution in [0.3, 0.4) is 0 Å². The van der Waals surface area contributed by atoms with Crippen molar-refractivity contribution >= 4 is 0 Å². The monoisotopic (exact) mass is 212 g/mol. The van der Waals surface area contributed by atoms with E-state index in [-0.39, 0.29) is 5.54 Å². The van der Waals surface area contributed by atoms with Gasteiger partial charge in [0.25, 0.3) is 0 Å². The first kappa shape index (κ1) is 13.0. The van der Waals surface area contributed by atoms with Crippen LogP contribution in [-0.4, -0.2) is 35.6 Å². The quantitative estimate of drug-likeness (QED) is 0.728. The van der Waals surface area contributed by atoms with Crippen LogP contribution in [0.2, 0.25) is 0 Å². The van der Waals surface area contributed by atoms with Crippen LogP contribution in [-0.2, 0) is 0 Å². The highest BCUT2D eigenvalue weighted by Crippen LogP contribution is 2.28. The molecule has 1 saturated carbocycles. The van der Waals surface area contributed by atoms with Gasteiger partial charge in [0.15, 0.2) is 0 Å². The summed E-state index contributed by atoms with van der Waals surface area (Å²) in [4.78, 5) is 2.68. The summed E-state index contributed by atoms with van der Waals surface area (Å²) < 4.78 is 0. The summed E-state index contributed by atoms with van der Waals surface area (Å²) in [5, 5.41) is 3.60. The SMILES string of the molecule is CCCN(C(C)CNC(C)(C)C)C1CC1. The second kappa shape index (κ2) is 5.31. The van der Waals surface area contributed by atoms with Gasteiger partial charge in [0.2, 0.25) is 0 Å². The van der Waals surface area contributed by atoms with E-state index in [4.69, 9.17) is 0 Å².